The first kappa shape index (κ1) is 10.4. The Balaban J connectivity index is 3.88. The molecule has 0 fully saturated rings. The first-order valence-corrected chi connectivity index (χ1v) is 4.11. The summed E-state index contributed by atoms with van der Waals surface area (Å²) >= 11 is 5.84. The van der Waals surface area contributed by atoms with Gasteiger partial charge in [-0.3, -0.25) is 0 Å². The van der Waals surface area contributed by atoms with Crippen LogP contribution in [0.15, 0.2) is 5.16 Å². The zero-order chi connectivity index (χ0) is 10.9. The molecule has 2 N–H and O–H groups in total. The summed E-state index contributed by atoms with van der Waals surface area (Å²) in [4.78, 5) is 0. The lowest BCUT2D eigenvalue weighted by Crippen LogP contribution is -2.25. The van der Waals surface area contributed by atoms with Crippen molar-refractivity contribution in [2.75, 3.05) is 0 Å². The van der Waals surface area contributed by atoms with Gasteiger partial charge < -0.3 is 10.4 Å². The van der Waals surface area contributed by atoms with Gasteiger partial charge in [-0.2, -0.15) is 9.99 Å². The molecule has 0 aliphatic carbocycles. The highest BCUT2D eigenvalue weighted by Crippen LogP contribution is 2.19. The lowest BCUT2D eigenvalue weighted by molar-refractivity contribution is 0.151. The molecule has 0 spiro atoms. The summed E-state index contributed by atoms with van der Waals surface area (Å²) in [6.07, 6.45) is 0. The van der Waals surface area contributed by atoms with Gasteiger partial charge in [0.05, 0.1) is 10.7 Å². The van der Waals surface area contributed by atoms with E-state index in [1.165, 1.54) is 0 Å². The van der Waals surface area contributed by atoms with Gasteiger partial charge in [0, 0.05) is 0 Å². The fraction of sp³-hybridized carbons (Fsp3) is 0.250. The molecular weight excluding hydrogens is 206 g/mol. The molecular formula is C8H8ClN3O2. The van der Waals surface area contributed by atoms with Gasteiger partial charge in [-0.05, 0) is 19.4 Å². The van der Waals surface area contributed by atoms with Gasteiger partial charge in [-0.15, -0.1) is 0 Å². The van der Waals surface area contributed by atoms with Crippen LogP contribution in [0.1, 0.15) is 16.8 Å². The van der Waals surface area contributed by atoms with E-state index in [2.05, 4.69) is 5.16 Å². The molecule has 74 valence electrons. The van der Waals surface area contributed by atoms with E-state index in [0.717, 1.165) is 0 Å². The summed E-state index contributed by atoms with van der Waals surface area (Å²) in [5.74, 6) is 0. The SMILES string of the molecule is Cc1c(Cl)c(C)n(O)c(=NO)c1C#N. The van der Waals surface area contributed by atoms with Gasteiger partial charge in [-0.25, -0.2) is 0 Å². The molecule has 1 aromatic heterocycles. The Morgan fingerprint density at radius 2 is 2.07 bits per heavy atom. The zero-order valence-corrected chi connectivity index (χ0v) is 8.37. The van der Waals surface area contributed by atoms with E-state index in [0.29, 0.717) is 16.0 Å². The van der Waals surface area contributed by atoms with Crippen molar-refractivity contribution in [1.29, 1.82) is 5.26 Å². The largest absolute Gasteiger partial charge is 0.426 e. The fourth-order valence-corrected chi connectivity index (χ4v) is 1.31. The first-order chi connectivity index (χ1) is 6.54. The Kier molecular flexibility index (Phi) is 2.68. The Morgan fingerprint density at radius 3 is 2.50 bits per heavy atom. The number of pyridine rings is 1. The molecule has 0 saturated heterocycles. The first-order valence-electron chi connectivity index (χ1n) is 3.73. The van der Waals surface area contributed by atoms with Crippen molar-refractivity contribution >= 4 is 11.6 Å². The predicted octanol–water partition coefficient (Wildman–Crippen LogP) is 1.16. The lowest BCUT2D eigenvalue weighted by Gasteiger charge is -2.09. The van der Waals surface area contributed by atoms with Gasteiger partial charge in [0.2, 0.25) is 5.49 Å². The molecule has 0 aliphatic heterocycles. The third-order valence-corrected chi connectivity index (χ3v) is 2.53. The number of nitrogens with zero attached hydrogens (tertiary/aromatic N) is 3. The van der Waals surface area contributed by atoms with Gasteiger partial charge in [0.15, 0.2) is 0 Å². The van der Waals surface area contributed by atoms with Crippen LogP contribution >= 0.6 is 11.6 Å². The number of aromatic nitrogens is 1. The van der Waals surface area contributed by atoms with E-state index in [1.54, 1.807) is 19.9 Å². The summed E-state index contributed by atoms with van der Waals surface area (Å²) in [6.45, 7) is 3.16. The van der Waals surface area contributed by atoms with E-state index in [9.17, 15) is 5.21 Å². The van der Waals surface area contributed by atoms with Crippen LogP contribution in [0.25, 0.3) is 0 Å². The second kappa shape index (κ2) is 3.60. The number of halogens is 1. The molecule has 0 bridgehead atoms. The maximum absolute atomic E-state index is 9.44. The molecule has 1 aromatic rings. The van der Waals surface area contributed by atoms with Crippen LogP contribution < -0.4 is 5.49 Å². The molecule has 5 nitrogen and oxygen atoms in total. The normalized spacial score (nSPS) is 11.4. The van der Waals surface area contributed by atoms with E-state index < -0.39 is 0 Å². The summed E-state index contributed by atoms with van der Waals surface area (Å²) in [5.41, 5.74) is 0.623. The number of rotatable bonds is 0. The van der Waals surface area contributed by atoms with E-state index in [-0.39, 0.29) is 16.1 Å². The maximum atomic E-state index is 9.44. The van der Waals surface area contributed by atoms with Crippen molar-refractivity contribution in [2.45, 2.75) is 13.8 Å². The minimum Gasteiger partial charge on any atom is -0.426 e. The average molecular weight is 214 g/mol. The monoisotopic (exact) mass is 213 g/mol. The number of hydrogen-bond acceptors (Lipinski definition) is 4. The Hall–Kier alpha value is -1.67. The Bertz CT molecular complexity index is 485. The molecule has 0 aliphatic rings. The summed E-state index contributed by atoms with van der Waals surface area (Å²) < 4.78 is 0.577. The van der Waals surface area contributed by atoms with Crippen LogP contribution in [-0.2, 0) is 0 Å². The van der Waals surface area contributed by atoms with Gasteiger partial charge in [0.1, 0.15) is 11.6 Å². The average Bonchev–Trinajstić information content (AvgIpc) is 2.20. The van der Waals surface area contributed by atoms with Gasteiger partial charge in [-0.1, -0.05) is 16.8 Å². The zero-order valence-electron chi connectivity index (χ0n) is 7.61. The lowest BCUT2D eigenvalue weighted by atomic mass is 10.1. The predicted molar refractivity (Wildman–Crippen MR) is 48.2 cm³/mol. The van der Waals surface area contributed by atoms with Crippen LogP contribution in [0.5, 0.6) is 0 Å². The number of hydrogen-bond donors (Lipinski definition) is 2. The molecule has 6 heteroatoms. The van der Waals surface area contributed by atoms with Crippen molar-refractivity contribution in [3.63, 3.8) is 0 Å². The molecule has 0 unspecified atom stereocenters. The minimum absolute atomic E-state index is 0.0469. The summed E-state index contributed by atoms with van der Waals surface area (Å²) in [6, 6.07) is 1.80. The molecule has 0 aromatic carbocycles. The van der Waals surface area contributed by atoms with E-state index in [4.69, 9.17) is 22.1 Å². The van der Waals surface area contributed by atoms with Crippen LogP contribution in [0, 0.1) is 25.2 Å². The van der Waals surface area contributed by atoms with Gasteiger partial charge >= 0.3 is 0 Å². The molecule has 1 heterocycles. The third kappa shape index (κ3) is 1.30. The number of nitriles is 1. The summed E-state index contributed by atoms with van der Waals surface area (Å²) in [7, 11) is 0. The van der Waals surface area contributed by atoms with Crippen LogP contribution in [0.4, 0.5) is 0 Å². The van der Waals surface area contributed by atoms with Crippen molar-refractivity contribution < 1.29 is 10.4 Å². The third-order valence-electron chi connectivity index (χ3n) is 1.97. The quantitative estimate of drug-likeness (QED) is 0.385. The van der Waals surface area contributed by atoms with Crippen LogP contribution in [0.3, 0.4) is 0 Å². The highest BCUT2D eigenvalue weighted by molar-refractivity contribution is 6.32. The molecule has 0 radical (unpaired) electrons. The highest BCUT2D eigenvalue weighted by Gasteiger charge is 2.13. The molecule has 0 atom stereocenters. The smallest absolute Gasteiger partial charge is 0.224 e. The fourth-order valence-electron chi connectivity index (χ4n) is 1.13. The second-order valence-electron chi connectivity index (χ2n) is 2.75. The molecule has 14 heavy (non-hydrogen) atoms. The Labute approximate surface area is 85.0 Å². The van der Waals surface area contributed by atoms with Crippen molar-refractivity contribution in [2.24, 2.45) is 5.16 Å². The topological polar surface area (TPSA) is 81.5 Å². The van der Waals surface area contributed by atoms with Crippen LogP contribution in [0.2, 0.25) is 5.02 Å². The van der Waals surface area contributed by atoms with Gasteiger partial charge in [0.25, 0.3) is 0 Å². The van der Waals surface area contributed by atoms with Crippen molar-refractivity contribution in [3.8, 4) is 6.07 Å². The van der Waals surface area contributed by atoms with E-state index in [1.807, 2.05) is 0 Å². The standard InChI is InChI=1S/C8H8ClN3O2/c1-4-6(3-10)8(11-13)12(14)5(2)7(4)9/h13-14H,1-2H3. The maximum Gasteiger partial charge on any atom is 0.224 e. The Morgan fingerprint density at radius 1 is 1.50 bits per heavy atom. The molecule has 1 rings (SSSR count). The molecule has 0 saturated carbocycles. The van der Waals surface area contributed by atoms with Crippen molar-refractivity contribution in [3.05, 3.63) is 27.3 Å². The minimum atomic E-state index is -0.216. The van der Waals surface area contributed by atoms with Crippen LogP contribution in [-0.4, -0.2) is 15.1 Å². The second-order valence-corrected chi connectivity index (χ2v) is 3.12. The van der Waals surface area contributed by atoms with E-state index >= 15 is 0 Å². The van der Waals surface area contributed by atoms with Crippen molar-refractivity contribution in [1.82, 2.24) is 4.73 Å². The summed E-state index contributed by atoms with van der Waals surface area (Å²) in [5, 5.41) is 29.9. The highest BCUT2D eigenvalue weighted by atomic mass is 35.5. The molecule has 0 amide bonds.